The molecule has 0 spiro atoms. The van der Waals surface area contributed by atoms with Gasteiger partial charge in [-0.25, -0.2) is 0 Å². The first-order valence-electron chi connectivity index (χ1n) is 7.82. The predicted octanol–water partition coefficient (Wildman–Crippen LogP) is 2.93. The van der Waals surface area contributed by atoms with Crippen molar-refractivity contribution in [3.8, 4) is 0 Å². The third kappa shape index (κ3) is 2.36. The molecule has 1 unspecified atom stereocenters. The highest BCUT2D eigenvalue weighted by atomic mass is 15.0. The number of nitrogens with zero attached hydrogens (tertiary/aromatic N) is 1. The van der Waals surface area contributed by atoms with Gasteiger partial charge in [0.15, 0.2) is 0 Å². The summed E-state index contributed by atoms with van der Waals surface area (Å²) in [5.74, 6) is 0. The highest BCUT2D eigenvalue weighted by molar-refractivity contribution is 5.86. The Balaban J connectivity index is 1.99. The van der Waals surface area contributed by atoms with Crippen LogP contribution in [0.25, 0.3) is 10.9 Å². The van der Waals surface area contributed by atoms with E-state index < -0.39 is 0 Å². The summed E-state index contributed by atoms with van der Waals surface area (Å²) in [6, 6.07) is 5.09. The molecule has 3 nitrogen and oxygen atoms in total. The van der Waals surface area contributed by atoms with E-state index in [9.17, 15) is 0 Å². The molecule has 3 N–H and O–H groups in total. The first kappa shape index (κ1) is 13.7. The second kappa shape index (κ2) is 5.58. The smallest absolute Gasteiger partial charge is 0.0486 e. The number of nitrogens with two attached hydrogens (primary N) is 1. The quantitative estimate of drug-likeness (QED) is 0.878. The van der Waals surface area contributed by atoms with Crippen LogP contribution >= 0.6 is 0 Å². The molecule has 0 bridgehead atoms. The van der Waals surface area contributed by atoms with Gasteiger partial charge in [0.25, 0.3) is 0 Å². The van der Waals surface area contributed by atoms with Gasteiger partial charge in [0, 0.05) is 42.8 Å². The van der Waals surface area contributed by atoms with E-state index in [4.69, 9.17) is 5.73 Å². The lowest BCUT2D eigenvalue weighted by atomic mass is 10.0. The largest absolute Gasteiger partial charge is 0.347 e. The summed E-state index contributed by atoms with van der Waals surface area (Å²) in [7, 11) is 0. The minimum absolute atomic E-state index is 0.325. The van der Waals surface area contributed by atoms with Crippen molar-refractivity contribution in [1.29, 1.82) is 0 Å². The molecule has 1 aromatic heterocycles. The van der Waals surface area contributed by atoms with Gasteiger partial charge in [0.2, 0.25) is 0 Å². The lowest BCUT2D eigenvalue weighted by Gasteiger charge is -2.07. The highest BCUT2D eigenvalue weighted by Crippen LogP contribution is 2.28. The molecular formula is C17H25N3. The normalized spacial score (nSPS) is 15.8. The van der Waals surface area contributed by atoms with E-state index in [0.717, 1.165) is 38.9 Å². The summed E-state index contributed by atoms with van der Waals surface area (Å²) in [6.45, 7) is 7.43. The van der Waals surface area contributed by atoms with E-state index in [-0.39, 0.29) is 0 Å². The molecule has 108 valence electrons. The fraction of sp³-hybridized carbons (Fsp3) is 0.529. The summed E-state index contributed by atoms with van der Waals surface area (Å²) in [5, 5.41) is 4.87. The summed E-state index contributed by atoms with van der Waals surface area (Å²) >= 11 is 0. The van der Waals surface area contributed by atoms with Crippen LogP contribution < -0.4 is 11.1 Å². The van der Waals surface area contributed by atoms with Crippen molar-refractivity contribution in [2.24, 2.45) is 5.73 Å². The molecule has 0 saturated heterocycles. The van der Waals surface area contributed by atoms with Crippen LogP contribution in [0.5, 0.6) is 0 Å². The van der Waals surface area contributed by atoms with Gasteiger partial charge in [-0.05, 0) is 55.0 Å². The third-order valence-corrected chi connectivity index (χ3v) is 4.57. The van der Waals surface area contributed by atoms with Gasteiger partial charge in [0.05, 0.1) is 0 Å². The number of nitrogens with one attached hydrogen (secondary N) is 1. The van der Waals surface area contributed by atoms with Gasteiger partial charge >= 0.3 is 0 Å². The van der Waals surface area contributed by atoms with E-state index in [2.05, 4.69) is 42.1 Å². The fourth-order valence-corrected chi connectivity index (χ4v) is 3.17. The van der Waals surface area contributed by atoms with E-state index in [1.165, 1.54) is 27.6 Å². The van der Waals surface area contributed by atoms with Gasteiger partial charge < -0.3 is 15.6 Å². The van der Waals surface area contributed by atoms with E-state index in [1.54, 1.807) is 0 Å². The number of aryl methyl sites for hydroxylation is 2. The SMILES string of the molecule is CCC(N)CCc1cn(CC)c2cc3c(cc12)CNC3. The molecule has 0 fully saturated rings. The Kier molecular flexibility index (Phi) is 3.81. The van der Waals surface area contributed by atoms with E-state index >= 15 is 0 Å². The third-order valence-electron chi connectivity index (χ3n) is 4.57. The molecule has 0 amide bonds. The van der Waals surface area contributed by atoms with Crippen LogP contribution in [0.15, 0.2) is 18.3 Å². The van der Waals surface area contributed by atoms with Crippen molar-refractivity contribution < 1.29 is 0 Å². The Bertz CT molecular complexity index is 612. The van der Waals surface area contributed by atoms with Crippen molar-refractivity contribution in [3.05, 3.63) is 35.0 Å². The number of fused-ring (bicyclic) bond motifs is 2. The van der Waals surface area contributed by atoms with E-state index in [1.807, 2.05) is 0 Å². The van der Waals surface area contributed by atoms with Crippen LogP contribution in [0.1, 0.15) is 43.4 Å². The topological polar surface area (TPSA) is 43.0 Å². The zero-order valence-corrected chi connectivity index (χ0v) is 12.6. The van der Waals surface area contributed by atoms with Gasteiger partial charge in [0.1, 0.15) is 0 Å². The van der Waals surface area contributed by atoms with Crippen molar-refractivity contribution in [2.75, 3.05) is 0 Å². The number of aromatic nitrogens is 1. The average Bonchev–Trinajstić information content (AvgIpc) is 3.06. The molecular weight excluding hydrogens is 246 g/mol. The molecule has 0 aliphatic carbocycles. The fourth-order valence-electron chi connectivity index (χ4n) is 3.17. The Morgan fingerprint density at radius 1 is 1.25 bits per heavy atom. The summed E-state index contributed by atoms with van der Waals surface area (Å²) in [4.78, 5) is 0. The lowest BCUT2D eigenvalue weighted by molar-refractivity contribution is 0.596. The monoisotopic (exact) mass is 271 g/mol. The standard InChI is InChI=1S/C17H25N3/c1-3-15(18)6-5-12-11-20(4-2)17-8-14-10-19-9-13(14)7-16(12)17/h7-8,11,15,19H,3-6,9-10,18H2,1-2H3. The number of hydrogen-bond acceptors (Lipinski definition) is 2. The summed E-state index contributed by atoms with van der Waals surface area (Å²) in [5.41, 5.74) is 11.8. The summed E-state index contributed by atoms with van der Waals surface area (Å²) in [6.07, 6.45) is 5.56. The van der Waals surface area contributed by atoms with Crippen LogP contribution in [-0.2, 0) is 26.1 Å². The Morgan fingerprint density at radius 3 is 2.70 bits per heavy atom. The number of hydrogen-bond donors (Lipinski definition) is 2. The molecule has 1 aliphatic heterocycles. The van der Waals surface area contributed by atoms with Crippen LogP contribution in [-0.4, -0.2) is 10.6 Å². The maximum atomic E-state index is 6.08. The van der Waals surface area contributed by atoms with Gasteiger partial charge in [-0.1, -0.05) is 6.92 Å². The zero-order chi connectivity index (χ0) is 14.1. The molecule has 20 heavy (non-hydrogen) atoms. The lowest BCUT2D eigenvalue weighted by Crippen LogP contribution is -2.18. The second-order valence-electron chi connectivity index (χ2n) is 5.89. The first-order chi connectivity index (χ1) is 9.72. The maximum absolute atomic E-state index is 6.08. The molecule has 1 aliphatic rings. The van der Waals surface area contributed by atoms with Crippen molar-refractivity contribution in [3.63, 3.8) is 0 Å². The van der Waals surface area contributed by atoms with Crippen molar-refractivity contribution >= 4 is 10.9 Å². The molecule has 2 aromatic rings. The predicted molar refractivity (Wildman–Crippen MR) is 84.7 cm³/mol. The highest BCUT2D eigenvalue weighted by Gasteiger charge is 2.15. The Hall–Kier alpha value is -1.32. The minimum atomic E-state index is 0.325. The van der Waals surface area contributed by atoms with Crippen molar-refractivity contribution in [2.45, 2.75) is 58.8 Å². The zero-order valence-electron chi connectivity index (χ0n) is 12.6. The molecule has 1 aromatic carbocycles. The minimum Gasteiger partial charge on any atom is -0.347 e. The van der Waals surface area contributed by atoms with E-state index in [0.29, 0.717) is 6.04 Å². The van der Waals surface area contributed by atoms with Gasteiger partial charge in [-0.15, -0.1) is 0 Å². The number of benzene rings is 1. The molecule has 0 radical (unpaired) electrons. The van der Waals surface area contributed by atoms with Crippen LogP contribution in [0, 0.1) is 0 Å². The average molecular weight is 271 g/mol. The summed E-state index contributed by atoms with van der Waals surface area (Å²) < 4.78 is 2.38. The Morgan fingerprint density at radius 2 is 2.00 bits per heavy atom. The number of rotatable bonds is 5. The molecule has 3 rings (SSSR count). The first-order valence-corrected chi connectivity index (χ1v) is 7.82. The molecule has 0 saturated carbocycles. The Labute approximate surface area is 121 Å². The van der Waals surface area contributed by atoms with Crippen LogP contribution in [0.4, 0.5) is 0 Å². The maximum Gasteiger partial charge on any atom is 0.0486 e. The molecule has 3 heteroatoms. The molecule has 2 heterocycles. The van der Waals surface area contributed by atoms with Crippen LogP contribution in [0.2, 0.25) is 0 Å². The van der Waals surface area contributed by atoms with Crippen molar-refractivity contribution in [1.82, 2.24) is 9.88 Å². The van der Waals surface area contributed by atoms with Crippen LogP contribution in [0.3, 0.4) is 0 Å². The molecule has 1 atom stereocenters. The van der Waals surface area contributed by atoms with Gasteiger partial charge in [-0.3, -0.25) is 0 Å². The van der Waals surface area contributed by atoms with Gasteiger partial charge in [-0.2, -0.15) is 0 Å². The second-order valence-corrected chi connectivity index (χ2v) is 5.89.